The number of anilines is 2. The van der Waals surface area contributed by atoms with E-state index in [4.69, 9.17) is 9.47 Å². The van der Waals surface area contributed by atoms with Crippen LogP contribution >= 0.6 is 0 Å². The lowest BCUT2D eigenvalue weighted by Crippen LogP contribution is -2.50. The molecule has 2 fully saturated rings. The van der Waals surface area contributed by atoms with Crippen LogP contribution in [0.25, 0.3) is 0 Å². The largest absolute Gasteiger partial charge is 0.444 e. The topological polar surface area (TPSA) is 117 Å². The first kappa shape index (κ1) is 39.7. The molecule has 0 atom stereocenters. The first-order chi connectivity index (χ1) is 26.8. The van der Waals surface area contributed by atoms with Gasteiger partial charge in [0.1, 0.15) is 46.4 Å². The highest BCUT2D eigenvalue weighted by Crippen LogP contribution is 2.36. The fourth-order valence-electron chi connectivity index (χ4n) is 7.76. The van der Waals surface area contributed by atoms with Crippen molar-refractivity contribution in [2.24, 2.45) is 0 Å². The molecule has 0 saturated carbocycles. The summed E-state index contributed by atoms with van der Waals surface area (Å²) in [6.07, 6.45) is 1.53. The van der Waals surface area contributed by atoms with Gasteiger partial charge in [0, 0.05) is 67.2 Å². The zero-order chi connectivity index (χ0) is 39.8. The van der Waals surface area contributed by atoms with Gasteiger partial charge in [-0.1, -0.05) is 36.4 Å². The molecule has 0 unspecified atom stereocenters. The van der Waals surface area contributed by atoms with E-state index in [0.29, 0.717) is 51.2 Å². The summed E-state index contributed by atoms with van der Waals surface area (Å²) in [7, 11) is -8.07. The monoisotopic (exact) mass is 816 g/mol. The van der Waals surface area contributed by atoms with Gasteiger partial charge in [-0.25, -0.2) is 39.2 Å². The number of cyclic esters (lactones) is 1. The highest BCUT2D eigenvalue weighted by Gasteiger charge is 2.38. The normalized spacial score (nSPS) is 18.8. The number of rotatable bonds is 6. The molecule has 8 rings (SSSR count). The van der Waals surface area contributed by atoms with Crippen LogP contribution in [-0.4, -0.2) is 76.5 Å². The summed E-state index contributed by atoms with van der Waals surface area (Å²) in [6, 6.07) is 18.4. The highest BCUT2D eigenvalue weighted by atomic mass is 32.2. The molecular formula is C39H40F4N4O7S2. The molecule has 2 saturated heterocycles. The smallest absolute Gasteiger partial charge is 0.414 e. The molecule has 0 radical (unpaired) electrons. The van der Waals surface area contributed by atoms with Crippen LogP contribution in [0.2, 0.25) is 0 Å². The number of sulfonamides is 2. The van der Waals surface area contributed by atoms with Crippen LogP contribution in [0.4, 0.5) is 33.7 Å². The Bertz CT molecular complexity index is 2340. The Hall–Kier alpha value is -4.55. The molecule has 17 heteroatoms. The Kier molecular flexibility index (Phi) is 11.4. The molecule has 4 aromatic carbocycles. The number of para-hydroxylation sites is 2. The van der Waals surface area contributed by atoms with E-state index in [-0.39, 0.29) is 44.9 Å². The van der Waals surface area contributed by atoms with Gasteiger partial charge in [0.15, 0.2) is 0 Å². The molecule has 0 aromatic heterocycles. The first-order valence-electron chi connectivity index (χ1n) is 18.1. The number of aryl methyl sites for hydroxylation is 1. The molecular weight excluding hydrogens is 777 g/mol. The van der Waals surface area contributed by atoms with Crippen molar-refractivity contribution < 1.29 is 48.7 Å². The summed E-state index contributed by atoms with van der Waals surface area (Å²) in [5.41, 5.74) is 5.13. The maximum absolute atomic E-state index is 14.0. The number of piperidine rings is 2. The van der Waals surface area contributed by atoms with Crippen molar-refractivity contribution >= 4 is 37.5 Å². The second kappa shape index (κ2) is 16.1. The lowest BCUT2D eigenvalue weighted by molar-refractivity contribution is 0.0986. The Morgan fingerprint density at radius 1 is 0.643 bits per heavy atom. The first-order valence-corrected chi connectivity index (χ1v) is 21.0. The number of ether oxygens (including phenoxy) is 2. The minimum Gasteiger partial charge on any atom is -0.444 e. The number of benzene rings is 4. The van der Waals surface area contributed by atoms with Crippen molar-refractivity contribution in [3.63, 3.8) is 0 Å². The fraction of sp³-hybridized carbons (Fsp3) is 0.359. The number of carbonyl (C=O) groups excluding carboxylic acids is 1. The molecule has 11 nitrogen and oxygen atoms in total. The van der Waals surface area contributed by atoms with Gasteiger partial charge in [-0.15, -0.1) is 0 Å². The Morgan fingerprint density at radius 2 is 1.18 bits per heavy atom. The number of halogens is 4. The Morgan fingerprint density at radius 3 is 1.75 bits per heavy atom. The molecule has 4 aliphatic heterocycles. The van der Waals surface area contributed by atoms with Crippen molar-refractivity contribution in [3.8, 4) is 0 Å². The molecule has 298 valence electrons. The van der Waals surface area contributed by atoms with E-state index >= 15 is 0 Å². The van der Waals surface area contributed by atoms with Gasteiger partial charge in [0.05, 0.1) is 12.3 Å². The van der Waals surface area contributed by atoms with Crippen LogP contribution in [0.15, 0.2) is 88.7 Å². The summed E-state index contributed by atoms with van der Waals surface area (Å²) in [5, 5.41) is 0. The zero-order valence-corrected chi connectivity index (χ0v) is 32.0. The molecule has 0 spiro atoms. The summed E-state index contributed by atoms with van der Waals surface area (Å²) in [4.78, 5) is 15.1. The van der Waals surface area contributed by atoms with Crippen LogP contribution < -0.4 is 9.80 Å². The van der Waals surface area contributed by atoms with Crippen LogP contribution in [0.5, 0.6) is 0 Å². The molecule has 0 N–H and O–H groups in total. The van der Waals surface area contributed by atoms with Crippen molar-refractivity contribution in [2.75, 3.05) is 42.7 Å². The van der Waals surface area contributed by atoms with Crippen molar-refractivity contribution in [3.05, 3.63) is 119 Å². The van der Waals surface area contributed by atoms with E-state index in [1.54, 1.807) is 4.90 Å². The Balaban J connectivity index is 0.000000172. The lowest BCUT2D eigenvalue weighted by atomic mass is 10.00. The van der Waals surface area contributed by atoms with Gasteiger partial charge in [-0.05, 0) is 68.5 Å². The quantitative estimate of drug-likeness (QED) is 0.198. The summed E-state index contributed by atoms with van der Waals surface area (Å²) in [6.45, 7) is 4.12. The minimum atomic E-state index is -4.08. The molecule has 4 aliphatic rings. The molecule has 4 heterocycles. The minimum absolute atomic E-state index is 0.121. The van der Waals surface area contributed by atoms with Gasteiger partial charge in [-0.2, -0.15) is 8.61 Å². The molecule has 56 heavy (non-hydrogen) atoms. The molecule has 4 aromatic rings. The summed E-state index contributed by atoms with van der Waals surface area (Å²) < 4.78 is 119. The van der Waals surface area contributed by atoms with Gasteiger partial charge < -0.3 is 14.4 Å². The van der Waals surface area contributed by atoms with Crippen LogP contribution in [-0.2, 0) is 42.7 Å². The SMILES string of the molecule is Cc1cccc2c1N(C1CCN(S(=O)(=O)c3ccc(F)cc3F)CC1)COC2.O=C1OCc2ccccc2N1C1CCN(S(=O)(=O)c2ccc(F)cc2F)CC1. The van der Waals surface area contributed by atoms with Crippen LogP contribution in [0, 0.1) is 30.2 Å². The number of nitrogens with zero attached hydrogens (tertiary/aromatic N) is 4. The van der Waals surface area contributed by atoms with Gasteiger partial charge >= 0.3 is 6.09 Å². The number of hydrogen-bond donors (Lipinski definition) is 0. The third kappa shape index (κ3) is 7.87. The maximum atomic E-state index is 14.0. The number of fused-ring (bicyclic) bond motifs is 2. The summed E-state index contributed by atoms with van der Waals surface area (Å²) >= 11 is 0. The van der Waals surface area contributed by atoms with Crippen LogP contribution in [0.1, 0.15) is 42.4 Å². The Labute approximate surface area is 323 Å². The molecule has 0 bridgehead atoms. The highest BCUT2D eigenvalue weighted by molar-refractivity contribution is 7.89. The van der Waals surface area contributed by atoms with E-state index in [1.165, 1.54) is 19.9 Å². The average Bonchev–Trinajstić information content (AvgIpc) is 3.18. The van der Waals surface area contributed by atoms with Gasteiger partial charge in [0.2, 0.25) is 20.0 Å². The third-order valence-electron chi connectivity index (χ3n) is 10.6. The van der Waals surface area contributed by atoms with E-state index in [0.717, 1.165) is 41.1 Å². The predicted molar refractivity (Wildman–Crippen MR) is 199 cm³/mol. The number of amides is 1. The van der Waals surface area contributed by atoms with E-state index < -0.39 is 59.2 Å². The fourth-order valence-corrected chi connectivity index (χ4v) is 10.8. The van der Waals surface area contributed by atoms with Gasteiger partial charge in [-0.3, -0.25) is 4.90 Å². The van der Waals surface area contributed by atoms with Crippen LogP contribution in [0.3, 0.4) is 0 Å². The second-order valence-corrected chi connectivity index (χ2v) is 17.8. The maximum Gasteiger partial charge on any atom is 0.414 e. The predicted octanol–water partition coefficient (Wildman–Crippen LogP) is 6.70. The number of carbonyl (C=O) groups is 1. The third-order valence-corrected chi connectivity index (χ3v) is 14.4. The van der Waals surface area contributed by atoms with E-state index in [9.17, 15) is 39.2 Å². The molecule has 0 aliphatic carbocycles. The average molecular weight is 817 g/mol. The van der Waals surface area contributed by atoms with Crippen molar-refractivity contribution in [1.29, 1.82) is 0 Å². The van der Waals surface area contributed by atoms with E-state index in [2.05, 4.69) is 17.9 Å². The molecule has 1 amide bonds. The standard InChI is InChI=1S/C20H22F2N2O3S.C19H18F2N2O4S/c1-14-3-2-4-15-12-27-13-24(20(14)15)17-7-9-23(10-8-17)28(25,26)19-6-5-16(21)11-18(19)22;20-14-5-6-18(16(21)11-14)28(25,26)22-9-7-15(8-10-22)23-17-4-2-1-3-13(17)12-27-19(23)24/h2-6,11,17H,7-10,12-13H2,1H3;1-6,11,15H,7-10,12H2. The van der Waals surface area contributed by atoms with E-state index in [1.807, 2.05) is 36.4 Å². The second-order valence-electron chi connectivity index (χ2n) is 14.0. The number of hydrogen-bond acceptors (Lipinski definition) is 8. The van der Waals surface area contributed by atoms with Crippen molar-refractivity contribution in [2.45, 2.75) is 67.7 Å². The lowest BCUT2D eigenvalue weighted by Gasteiger charge is -2.42. The van der Waals surface area contributed by atoms with Gasteiger partial charge in [0.25, 0.3) is 0 Å². The summed E-state index contributed by atoms with van der Waals surface area (Å²) in [5.74, 6) is -3.81. The zero-order valence-electron chi connectivity index (χ0n) is 30.4. The van der Waals surface area contributed by atoms with Crippen molar-refractivity contribution in [1.82, 2.24) is 8.61 Å².